The second kappa shape index (κ2) is 5.56. The third-order valence-electron chi connectivity index (χ3n) is 2.74. The quantitative estimate of drug-likeness (QED) is 0.570. The first kappa shape index (κ1) is 12.5. The maximum atomic E-state index is 5.56. The Morgan fingerprint density at radius 1 is 1.44 bits per heavy atom. The molecule has 0 saturated carbocycles. The van der Waals surface area contributed by atoms with Crippen molar-refractivity contribution in [2.75, 3.05) is 7.11 Å². The summed E-state index contributed by atoms with van der Waals surface area (Å²) in [5.74, 6) is 6.96. The van der Waals surface area contributed by atoms with Crippen molar-refractivity contribution in [1.82, 2.24) is 25.2 Å². The second-order valence-corrected chi connectivity index (χ2v) is 3.88. The van der Waals surface area contributed by atoms with E-state index in [-0.39, 0.29) is 6.04 Å². The van der Waals surface area contributed by atoms with Crippen LogP contribution in [-0.4, -0.2) is 26.9 Å². The number of methoxy groups -OCH3 is 1. The van der Waals surface area contributed by atoms with E-state index in [0.717, 1.165) is 11.5 Å². The average Bonchev–Trinajstić information content (AvgIpc) is 2.81. The summed E-state index contributed by atoms with van der Waals surface area (Å²) >= 11 is 0. The minimum atomic E-state index is -0.135. The van der Waals surface area contributed by atoms with Gasteiger partial charge in [0.05, 0.1) is 18.8 Å². The number of aromatic nitrogens is 4. The van der Waals surface area contributed by atoms with Gasteiger partial charge in [0.15, 0.2) is 0 Å². The van der Waals surface area contributed by atoms with Crippen LogP contribution < -0.4 is 16.0 Å². The van der Waals surface area contributed by atoms with Gasteiger partial charge < -0.3 is 9.30 Å². The maximum Gasteiger partial charge on any atom is 0.233 e. The molecule has 1 atom stereocenters. The second-order valence-electron chi connectivity index (χ2n) is 3.88. The van der Waals surface area contributed by atoms with Gasteiger partial charge in [-0.25, -0.2) is 4.98 Å². The maximum absolute atomic E-state index is 5.56. The molecule has 0 spiro atoms. The number of aryl methyl sites for hydroxylation is 1. The zero-order valence-electron chi connectivity index (χ0n) is 10.4. The predicted molar refractivity (Wildman–Crippen MR) is 65.6 cm³/mol. The molecule has 2 heterocycles. The van der Waals surface area contributed by atoms with Crippen molar-refractivity contribution in [2.45, 2.75) is 12.5 Å². The molecule has 1 unspecified atom stereocenters. The highest BCUT2D eigenvalue weighted by Gasteiger charge is 2.15. The Hall–Kier alpha value is -1.99. The van der Waals surface area contributed by atoms with Crippen LogP contribution in [0.5, 0.6) is 5.88 Å². The molecule has 0 saturated heterocycles. The molecule has 7 heteroatoms. The Morgan fingerprint density at radius 2 is 2.28 bits per heavy atom. The molecule has 96 valence electrons. The molecule has 0 aliphatic rings. The highest BCUT2D eigenvalue weighted by atomic mass is 16.5. The zero-order chi connectivity index (χ0) is 13.0. The van der Waals surface area contributed by atoms with E-state index < -0.39 is 0 Å². The number of nitrogens with one attached hydrogen (secondary N) is 1. The number of rotatable bonds is 5. The van der Waals surface area contributed by atoms with E-state index in [2.05, 4.69) is 20.6 Å². The molecule has 0 bridgehead atoms. The summed E-state index contributed by atoms with van der Waals surface area (Å²) in [6.07, 6.45) is 4.28. The summed E-state index contributed by atoms with van der Waals surface area (Å²) in [6, 6.07) is 3.45. The molecule has 0 amide bonds. The van der Waals surface area contributed by atoms with Crippen molar-refractivity contribution in [3.05, 3.63) is 36.0 Å². The lowest BCUT2D eigenvalue weighted by Crippen LogP contribution is -2.31. The lowest BCUT2D eigenvalue weighted by Gasteiger charge is -2.14. The molecule has 3 N–H and O–H groups in total. The van der Waals surface area contributed by atoms with Crippen molar-refractivity contribution >= 4 is 0 Å². The number of hydrazine groups is 1. The number of imidazole rings is 1. The van der Waals surface area contributed by atoms with Crippen molar-refractivity contribution in [2.24, 2.45) is 12.9 Å². The Balaban J connectivity index is 2.15. The van der Waals surface area contributed by atoms with Crippen LogP contribution in [0, 0.1) is 0 Å². The summed E-state index contributed by atoms with van der Waals surface area (Å²) in [5.41, 5.74) is 3.48. The Kier molecular flexibility index (Phi) is 3.85. The smallest absolute Gasteiger partial charge is 0.233 e. The number of nitrogens with two attached hydrogens (primary N) is 1. The standard InChI is InChI=1S/C11H16N6O/c1-17-6-5-13-10(17)7-9(14-12)8-3-4-11(18-2)16-15-8/h3-6,9,14H,7,12H2,1-2H3. The van der Waals surface area contributed by atoms with E-state index in [4.69, 9.17) is 10.6 Å². The first-order valence-corrected chi connectivity index (χ1v) is 5.54. The van der Waals surface area contributed by atoms with E-state index in [1.807, 2.05) is 23.9 Å². The molecular weight excluding hydrogens is 232 g/mol. The van der Waals surface area contributed by atoms with Gasteiger partial charge in [0, 0.05) is 31.9 Å². The largest absolute Gasteiger partial charge is 0.480 e. The van der Waals surface area contributed by atoms with Gasteiger partial charge in [-0.2, -0.15) is 5.10 Å². The van der Waals surface area contributed by atoms with E-state index >= 15 is 0 Å². The van der Waals surface area contributed by atoms with Crippen molar-refractivity contribution < 1.29 is 4.74 Å². The summed E-state index contributed by atoms with van der Waals surface area (Å²) in [7, 11) is 3.49. The molecular formula is C11H16N6O. The van der Waals surface area contributed by atoms with Crippen molar-refractivity contribution in [1.29, 1.82) is 0 Å². The average molecular weight is 248 g/mol. The Labute approximate surface area is 105 Å². The van der Waals surface area contributed by atoms with Crippen LogP contribution in [0.25, 0.3) is 0 Å². The van der Waals surface area contributed by atoms with Crippen LogP contribution in [0.2, 0.25) is 0 Å². The lowest BCUT2D eigenvalue weighted by molar-refractivity contribution is 0.389. The van der Waals surface area contributed by atoms with Gasteiger partial charge in [-0.1, -0.05) is 0 Å². The van der Waals surface area contributed by atoms with Gasteiger partial charge in [0.2, 0.25) is 5.88 Å². The number of nitrogens with zero attached hydrogens (tertiary/aromatic N) is 4. The van der Waals surface area contributed by atoms with Gasteiger partial charge in [-0.3, -0.25) is 11.3 Å². The zero-order valence-corrected chi connectivity index (χ0v) is 10.4. The molecule has 0 aromatic carbocycles. The van der Waals surface area contributed by atoms with Gasteiger partial charge in [-0.05, 0) is 6.07 Å². The first-order chi connectivity index (χ1) is 8.74. The molecule has 0 aliphatic heterocycles. The summed E-state index contributed by atoms with van der Waals surface area (Å²) in [6.45, 7) is 0. The van der Waals surface area contributed by atoms with Crippen LogP contribution >= 0.6 is 0 Å². The van der Waals surface area contributed by atoms with Gasteiger partial charge in [0.25, 0.3) is 0 Å². The Bertz CT molecular complexity index is 494. The van der Waals surface area contributed by atoms with Crippen LogP contribution in [0.15, 0.2) is 24.5 Å². The van der Waals surface area contributed by atoms with E-state index in [1.54, 1.807) is 19.4 Å². The number of hydrogen-bond acceptors (Lipinski definition) is 6. The number of hydrogen-bond donors (Lipinski definition) is 2. The van der Waals surface area contributed by atoms with Crippen LogP contribution in [0.1, 0.15) is 17.6 Å². The van der Waals surface area contributed by atoms with E-state index in [9.17, 15) is 0 Å². The van der Waals surface area contributed by atoms with Crippen molar-refractivity contribution in [3.63, 3.8) is 0 Å². The molecule has 2 aromatic rings. The van der Waals surface area contributed by atoms with Gasteiger partial charge in [-0.15, -0.1) is 5.10 Å². The van der Waals surface area contributed by atoms with Gasteiger partial charge in [0.1, 0.15) is 5.82 Å². The minimum absolute atomic E-state index is 0.135. The molecule has 2 rings (SSSR count). The normalized spacial score (nSPS) is 12.4. The minimum Gasteiger partial charge on any atom is -0.480 e. The summed E-state index contributed by atoms with van der Waals surface area (Å²) in [5, 5.41) is 8.00. The predicted octanol–water partition coefficient (Wildman–Crippen LogP) is -0.0342. The fourth-order valence-corrected chi connectivity index (χ4v) is 1.65. The number of ether oxygens (including phenoxy) is 1. The lowest BCUT2D eigenvalue weighted by atomic mass is 10.1. The third kappa shape index (κ3) is 2.63. The fourth-order valence-electron chi connectivity index (χ4n) is 1.65. The third-order valence-corrected chi connectivity index (χ3v) is 2.74. The summed E-state index contributed by atoms with van der Waals surface area (Å²) < 4.78 is 6.91. The highest BCUT2D eigenvalue weighted by molar-refractivity contribution is 5.15. The molecule has 0 radical (unpaired) electrons. The topological polar surface area (TPSA) is 90.9 Å². The van der Waals surface area contributed by atoms with Crippen LogP contribution in [-0.2, 0) is 13.5 Å². The van der Waals surface area contributed by atoms with Gasteiger partial charge >= 0.3 is 0 Å². The fraction of sp³-hybridized carbons (Fsp3) is 0.364. The molecule has 0 aliphatic carbocycles. The van der Waals surface area contributed by atoms with Crippen LogP contribution in [0.3, 0.4) is 0 Å². The molecule has 7 nitrogen and oxygen atoms in total. The van der Waals surface area contributed by atoms with E-state index in [0.29, 0.717) is 12.3 Å². The van der Waals surface area contributed by atoms with Crippen molar-refractivity contribution in [3.8, 4) is 5.88 Å². The molecule has 0 fully saturated rings. The highest BCUT2D eigenvalue weighted by Crippen LogP contribution is 2.15. The molecule has 2 aromatic heterocycles. The summed E-state index contributed by atoms with van der Waals surface area (Å²) in [4.78, 5) is 4.26. The molecule has 18 heavy (non-hydrogen) atoms. The van der Waals surface area contributed by atoms with E-state index in [1.165, 1.54) is 0 Å². The first-order valence-electron chi connectivity index (χ1n) is 5.54. The van der Waals surface area contributed by atoms with Crippen LogP contribution in [0.4, 0.5) is 0 Å². The Morgan fingerprint density at radius 3 is 2.78 bits per heavy atom. The monoisotopic (exact) mass is 248 g/mol. The SMILES string of the molecule is COc1ccc(C(Cc2nccn2C)NN)nn1.